The summed E-state index contributed by atoms with van der Waals surface area (Å²) in [6, 6.07) is 51.2. The minimum Gasteiger partial charge on any atom is -0.0616 e. The highest BCUT2D eigenvalue weighted by atomic mass is 14.3. The van der Waals surface area contributed by atoms with Crippen LogP contribution in [0.4, 0.5) is 0 Å². The fraction of sp³-hybridized carbons (Fsp3) is 0.276. The first-order valence-electron chi connectivity index (χ1n) is 21.3. The van der Waals surface area contributed by atoms with Crippen LogP contribution in [0.25, 0.3) is 86.9 Å². The molecule has 0 unspecified atom stereocenters. The molecule has 0 nitrogen and oxygen atoms in total. The van der Waals surface area contributed by atoms with Gasteiger partial charge in [-0.3, -0.25) is 0 Å². The second kappa shape index (κ2) is 13.0. The molecule has 9 rings (SSSR count). The van der Waals surface area contributed by atoms with Crippen LogP contribution in [0.3, 0.4) is 0 Å². The van der Waals surface area contributed by atoms with Crippen LogP contribution in [-0.2, 0) is 21.7 Å². The van der Waals surface area contributed by atoms with Crippen LogP contribution in [0.1, 0.15) is 105 Å². The van der Waals surface area contributed by atoms with Crippen molar-refractivity contribution in [3.63, 3.8) is 0 Å². The maximum Gasteiger partial charge on any atom is -0.00262 e. The first-order chi connectivity index (χ1) is 27.4. The maximum atomic E-state index is 2.52. The summed E-state index contributed by atoms with van der Waals surface area (Å²) in [5.74, 6) is 0. The molecule has 0 atom stereocenters. The SMILES string of the molecule is CC(C)(C)c1c2ccccc2c(C(C)(C)C)c2cc(-c3c4ccccc4c(-c4ccc5c(C(C)(C)C)c6ccccc6c(C(C)(C)C)c5c4)c4ccccc34)ccc12. The average Bonchev–Trinajstić information content (AvgIpc) is 3.15. The quantitative estimate of drug-likeness (QED) is 0.154. The van der Waals surface area contributed by atoms with E-state index in [-0.39, 0.29) is 21.7 Å². The van der Waals surface area contributed by atoms with E-state index in [1.54, 1.807) is 0 Å². The van der Waals surface area contributed by atoms with Crippen LogP contribution < -0.4 is 0 Å². The van der Waals surface area contributed by atoms with Crippen LogP contribution in [0.2, 0.25) is 0 Å². The lowest BCUT2D eigenvalue weighted by atomic mass is 9.73. The predicted molar refractivity (Wildman–Crippen MR) is 257 cm³/mol. The monoisotopic (exact) mass is 754 g/mol. The first-order valence-corrected chi connectivity index (χ1v) is 21.3. The van der Waals surface area contributed by atoms with Crippen molar-refractivity contribution in [3.05, 3.63) is 156 Å². The van der Waals surface area contributed by atoms with Gasteiger partial charge in [0.2, 0.25) is 0 Å². The van der Waals surface area contributed by atoms with Crippen molar-refractivity contribution in [1.82, 2.24) is 0 Å². The smallest absolute Gasteiger partial charge is 0.00262 e. The zero-order chi connectivity index (χ0) is 41.1. The summed E-state index contributed by atoms with van der Waals surface area (Å²) in [5.41, 5.74) is 10.7. The lowest BCUT2D eigenvalue weighted by molar-refractivity contribution is 0.593. The van der Waals surface area contributed by atoms with E-state index < -0.39 is 0 Å². The van der Waals surface area contributed by atoms with Gasteiger partial charge in [0.15, 0.2) is 0 Å². The fourth-order valence-corrected chi connectivity index (χ4v) is 10.7. The summed E-state index contributed by atoms with van der Waals surface area (Å²) in [5, 5.41) is 16.0. The van der Waals surface area contributed by atoms with Gasteiger partial charge in [-0.25, -0.2) is 0 Å². The van der Waals surface area contributed by atoms with Crippen molar-refractivity contribution < 1.29 is 0 Å². The number of rotatable bonds is 2. The van der Waals surface area contributed by atoms with E-state index >= 15 is 0 Å². The van der Waals surface area contributed by atoms with Crippen LogP contribution in [0, 0.1) is 0 Å². The molecule has 0 amide bonds. The van der Waals surface area contributed by atoms with Crippen LogP contribution in [-0.4, -0.2) is 0 Å². The maximum absolute atomic E-state index is 2.52. The van der Waals surface area contributed by atoms with E-state index in [4.69, 9.17) is 0 Å². The van der Waals surface area contributed by atoms with Gasteiger partial charge in [-0.2, -0.15) is 0 Å². The van der Waals surface area contributed by atoms with Gasteiger partial charge in [-0.1, -0.05) is 204 Å². The fourth-order valence-electron chi connectivity index (χ4n) is 10.7. The Kier molecular flexibility index (Phi) is 8.55. The largest absolute Gasteiger partial charge is 0.0616 e. The highest BCUT2D eigenvalue weighted by molar-refractivity contribution is 6.23. The van der Waals surface area contributed by atoms with E-state index in [1.807, 2.05) is 0 Å². The lowest BCUT2D eigenvalue weighted by Gasteiger charge is -2.31. The molecule has 0 aliphatic rings. The van der Waals surface area contributed by atoms with Gasteiger partial charge in [-0.15, -0.1) is 0 Å². The first kappa shape index (κ1) is 38.1. The molecule has 0 spiro atoms. The summed E-state index contributed by atoms with van der Waals surface area (Å²) < 4.78 is 0. The number of hydrogen-bond donors (Lipinski definition) is 0. The molecule has 0 N–H and O–H groups in total. The number of hydrogen-bond acceptors (Lipinski definition) is 0. The Labute approximate surface area is 345 Å². The molecule has 290 valence electrons. The molecule has 0 aliphatic heterocycles. The summed E-state index contributed by atoms with van der Waals surface area (Å²) in [7, 11) is 0. The van der Waals surface area contributed by atoms with E-state index in [1.165, 1.54) is 109 Å². The molecular formula is C58H58. The molecule has 0 fully saturated rings. The highest BCUT2D eigenvalue weighted by Crippen LogP contribution is 2.50. The van der Waals surface area contributed by atoms with E-state index in [0.717, 1.165) is 0 Å². The molecular weight excluding hydrogens is 697 g/mol. The molecule has 0 bridgehead atoms. The van der Waals surface area contributed by atoms with Crippen molar-refractivity contribution >= 4 is 64.6 Å². The molecule has 9 aromatic rings. The summed E-state index contributed by atoms with van der Waals surface area (Å²) in [6.07, 6.45) is 0. The molecule has 0 aromatic heterocycles. The van der Waals surface area contributed by atoms with E-state index in [2.05, 4.69) is 217 Å². The van der Waals surface area contributed by atoms with Crippen LogP contribution in [0.5, 0.6) is 0 Å². The Balaban J connectivity index is 1.39. The third kappa shape index (κ3) is 5.94. The molecule has 0 aliphatic carbocycles. The molecule has 58 heavy (non-hydrogen) atoms. The number of fused-ring (bicyclic) bond motifs is 6. The Morgan fingerprint density at radius 3 is 0.672 bits per heavy atom. The summed E-state index contributed by atoms with van der Waals surface area (Å²) >= 11 is 0. The predicted octanol–water partition coefficient (Wildman–Crippen LogP) is 17.1. The molecule has 0 saturated carbocycles. The number of benzene rings is 9. The second-order valence-corrected chi connectivity index (χ2v) is 21.0. The van der Waals surface area contributed by atoms with Crippen molar-refractivity contribution in [2.75, 3.05) is 0 Å². The average molecular weight is 755 g/mol. The Morgan fingerprint density at radius 1 is 0.224 bits per heavy atom. The topological polar surface area (TPSA) is 0 Å². The third-order valence-corrected chi connectivity index (χ3v) is 12.6. The second-order valence-electron chi connectivity index (χ2n) is 21.0. The van der Waals surface area contributed by atoms with E-state index in [9.17, 15) is 0 Å². The summed E-state index contributed by atoms with van der Waals surface area (Å²) in [6.45, 7) is 28.4. The zero-order valence-electron chi connectivity index (χ0n) is 36.7. The third-order valence-electron chi connectivity index (χ3n) is 12.6. The Morgan fingerprint density at radius 2 is 0.431 bits per heavy atom. The van der Waals surface area contributed by atoms with Crippen LogP contribution in [0.15, 0.2) is 133 Å². The minimum absolute atomic E-state index is 0.0243. The molecule has 0 saturated heterocycles. The summed E-state index contributed by atoms with van der Waals surface area (Å²) in [4.78, 5) is 0. The van der Waals surface area contributed by atoms with E-state index in [0.29, 0.717) is 0 Å². The Bertz CT molecular complexity index is 2850. The lowest BCUT2D eigenvalue weighted by Crippen LogP contribution is -2.17. The van der Waals surface area contributed by atoms with Gasteiger partial charge in [0.1, 0.15) is 0 Å². The van der Waals surface area contributed by atoms with Crippen molar-refractivity contribution in [2.45, 2.75) is 105 Å². The van der Waals surface area contributed by atoms with Gasteiger partial charge >= 0.3 is 0 Å². The molecule has 0 heterocycles. The standard InChI is InChI=1S/C58H58/c1-55(2,3)51-41-25-17-19-27-43(41)53(57(7,8)9)47-33-35(29-31-45(47)51)49-37-21-13-15-23-39(37)50(40-24-16-14-22-38(40)49)36-30-32-46-48(34-36)54(58(10,11)12)44-28-20-18-26-42(44)52(46)56(4,5)6/h13-34H,1-12H3. The highest BCUT2D eigenvalue weighted by Gasteiger charge is 2.30. The van der Waals surface area contributed by atoms with Gasteiger partial charge < -0.3 is 0 Å². The minimum atomic E-state index is -0.0545. The van der Waals surface area contributed by atoms with Crippen molar-refractivity contribution in [1.29, 1.82) is 0 Å². The van der Waals surface area contributed by atoms with Crippen LogP contribution >= 0.6 is 0 Å². The Hall–Kier alpha value is -5.46. The molecule has 0 radical (unpaired) electrons. The normalized spacial score (nSPS) is 13.2. The van der Waals surface area contributed by atoms with Crippen molar-refractivity contribution in [2.24, 2.45) is 0 Å². The zero-order valence-corrected chi connectivity index (χ0v) is 36.7. The van der Waals surface area contributed by atoms with Gasteiger partial charge in [-0.05, 0) is 143 Å². The van der Waals surface area contributed by atoms with Gasteiger partial charge in [0, 0.05) is 0 Å². The molecule has 0 heteroatoms. The van der Waals surface area contributed by atoms with Gasteiger partial charge in [0.25, 0.3) is 0 Å². The van der Waals surface area contributed by atoms with Crippen molar-refractivity contribution in [3.8, 4) is 22.3 Å². The molecule has 9 aromatic carbocycles. The van der Waals surface area contributed by atoms with Gasteiger partial charge in [0.05, 0.1) is 0 Å².